The quantitative estimate of drug-likeness (QED) is 0.567. The van der Waals surface area contributed by atoms with Crippen LogP contribution >= 0.6 is 0 Å². The first-order valence-electron chi connectivity index (χ1n) is 9.21. The van der Waals surface area contributed by atoms with Gasteiger partial charge in [-0.15, -0.1) is 0 Å². The SMILES string of the molecule is CC1(C)N([O])C(c2cccc(C3=[N+]([O-])C(C)(C)C(C)(C)N3[O])n2)=[N+]([O-])C1(C)C. The van der Waals surface area contributed by atoms with Crippen molar-refractivity contribution in [2.75, 3.05) is 0 Å². The van der Waals surface area contributed by atoms with Gasteiger partial charge in [-0.05, 0) is 67.5 Å². The van der Waals surface area contributed by atoms with E-state index in [0.717, 1.165) is 0 Å². The van der Waals surface area contributed by atoms with Crippen LogP contribution in [0, 0.1) is 10.4 Å². The molecule has 0 aromatic carbocycles. The predicted molar refractivity (Wildman–Crippen MR) is 101 cm³/mol. The molecule has 0 N–H and O–H groups in total. The molecule has 28 heavy (non-hydrogen) atoms. The molecule has 3 heterocycles. The largest absolute Gasteiger partial charge is 0.714 e. The molecule has 0 atom stereocenters. The normalized spacial score (nSPS) is 25.1. The minimum Gasteiger partial charge on any atom is -0.714 e. The van der Waals surface area contributed by atoms with E-state index in [1.165, 1.54) is 12.1 Å². The molecule has 0 unspecified atom stereocenters. The number of hydrogen-bond acceptors (Lipinski definition) is 5. The van der Waals surface area contributed by atoms with Gasteiger partial charge in [-0.3, -0.25) is 9.48 Å². The molecule has 9 nitrogen and oxygen atoms in total. The summed E-state index contributed by atoms with van der Waals surface area (Å²) in [5.41, 5.74) is -3.69. The molecule has 0 spiro atoms. The molecule has 0 aliphatic carbocycles. The third-order valence-electron chi connectivity index (χ3n) is 7.00. The van der Waals surface area contributed by atoms with Crippen LogP contribution in [0.2, 0.25) is 0 Å². The molecule has 0 saturated heterocycles. The smallest absolute Gasteiger partial charge is 0.335 e. The Labute approximate surface area is 164 Å². The van der Waals surface area contributed by atoms with Gasteiger partial charge in [0.2, 0.25) is 0 Å². The third kappa shape index (κ3) is 2.23. The van der Waals surface area contributed by atoms with Gasteiger partial charge in [-0.2, -0.15) is 0 Å². The van der Waals surface area contributed by atoms with Crippen LogP contribution < -0.4 is 0 Å². The van der Waals surface area contributed by atoms with Crippen molar-refractivity contribution in [3.05, 3.63) is 40.0 Å². The average molecular weight is 389 g/mol. The molecule has 3 rings (SSSR count). The zero-order valence-electron chi connectivity index (χ0n) is 17.6. The summed E-state index contributed by atoms with van der Waals surface area (Å²) in [6.07, 6.45) is 0. The van der Waals surface area contributed by atoms with Crippen LogP contribution in [0.3, 0.4) is 0 Å². The Hall–Kier alpha value is -2.39. The van der Waals surface area contributed by atoms with Gasteiger partial charge in [0.25, 0.3) is 0 Å². The Morgan fingerprint density at radius 1 is 0.750 bits per heavy atom. The van der Waals surface area contributed by atoms with Crippen LogP contribution in [0.25, 0.3) is 0 Å². The fraction of sp³-hybridized carbons (Fsp3) is 0.632. The molecular weight excluding hydrogens is 362 g/mol. The molecule has 2 radical (unpaired) electrons. The van der Waals surface area contributed by atoms with E-state index < -0.39 is 22.2 Å². The van der Waals surface area contributed by atoms with Gasteiger partial charge < -0.3 is 10.4 Å². The van der Waals surface area contributed by atoms with E-state index in [4.69, 9.17) is 0 Å². The lowest BCUT2D eigenvalue weighted by Gasteiger charge is -2.32. The van der Waals surface area contributed by atoms with E-state index in [0.29, 0.717) is 19.6 Å². The summed E-state index contributed by atoms with van der Waals surface area (Å²) < 4.78 is 1.31. The number of aromatic nitrogens is 1. The molecule has 0 fully saturated rings. The molecule has 2 aliphatic rings. The van der Waals surface area contributed by atoms with E-state index in [2.05, 4.69) is 4.98 Å². The molecule has 2 aliphatic heterocycles. The second kappa shape index (κ2) is 5.57. The van der Waals surface area contributed by atoms with Crippen molar-refractivity contribution in [3.63, 3.8) is 0 Å². The highest BCUT2D eigenvalue weighted by atomic mass is 16.5. The Morgan fingerprint density at radius 3 is 1.32 bits per heavy atom. The number of pyridine rings is 1. The maximum absolute atomic E-state index is 12.9. The maximum Gasteiger partial charge on any atom is 0.335 e. The van der Waals surface area contributed by atoms with Crippen LogP contribution in [0.15, 0.2) is 18.2 Å². The number of hydroxylamine groups is 6. The highest BCUT2D eigenvalue weighted by molar-refractivity contribution is 5.98. The van der Waals surface area contributed by atoms with Crippen molar-refractivity contribution in [2.24, 2.45) is 0 Å². The van der Waals surface area contributed by atoms with E-state index in [1.807, 2.05) is 0 Å². The van der Waals surface area contributed by atoms with Gasteiger partial charge in [0.1, 0.15) is 11.1 Å². The Kier molecular flexibility index (Phi) is 4.05. The van der Waals surface area contributed by atoms with Crippen molar-refractivity contribution in [1.82, 2.24) is 15.1 Å². The fourth-order valence-corrected chi connectivity index (χ4v) is 3.32. The molecular formula is C19H27N5O4. The lowest BCUT2D eigenvalue weighted by atomic mass is 9.84. The van der Waals surface area contributed by atoms with Crippen LogP contribution in [0.4, 0.5) is 0 Å². The Balaban J connectivity index is 2.16. The van der Waals surface area contributed by atoms with Crippen LogP contribution in [0.5, 0.6) is 0 Å². The number of hydrogen-bond donors (Lipinski definition) is 0. The molecule has 0 saturated carbocycles. The van der Waals surface area contributed by atoms with Crippen molar-refractivity contribution < 1.29 is 19.9 Å². The molecule has 152 valence electrons. The van der Waals surface area contributed by atoms with Gasteiger partial charge in [0, 0.05) is 10.4 Å². The van der Waals surface area contributed by atoms with Crippen LogP contribution in [-0.2, 0) is 10.4 Å². The minimum atomic E-state index is -0.985. The first-order chi connectivity index (χ1) is 12.6. The van der Waals surface area contributed by atoms with Gasteiger partial charge in [0.15, 0.2) is 22.5 Å². The van der Waals surface area contributed by atoms with E-state index in [1.54, 1.807) is 61.5 Å². The number of amidine groups is 2. The second-order valence-electron chi connectivity index (χ2n) is 9.47. The summed E-state index contributed by atoms with van der Waals surface area (Å²) >= 11 is 0. The van der Waals surface area contributed by atoms with Crippen molar-refractivity contribution in [1.29, 1.82) is 0 Å². The fourth-order valence-electron chi connectivity index (χ4n) is 3.32. The van der Waals surface area contributed by atoms with Crippen molar-refractivity contribution in [2.45, 2.75) is 77.5 Å². The first kappa shape index (κ1) is 20.3. The summed E-state index contributed by atoms with van der Waals surface area (Å²) in [6, 6.07) is 4.64. The summed E-state index contributed by atoms with van der Waals surface area (Å²) in [7, 11) is 0. The van der Waals surface area contributed by atoms with Crippen molar-refractivity contribution >= 4 is 11.7 Å². The van der Waals surface area contributed by atoms with Gasteiger partial charge in [-0.1, -0.05) is 16.2 Å². The summed E-state index contributed by atoms with van der Waals surface area (Å²) in [5.74, 6) is -0.271. The first-order valence-corrected chi connectivity index (χ1v) is 9.21. The zero-order chi connectivity index (χ0) is 21.4. The maximum atomic E-state index is 12.9. The van der Waals surface area contributed by atoms with Crippen molar-refractivity contribution in [3.8, 4) is 0 Å². The van der Waals surface area contributed by atoms with Gasteiger partial charge >= 0.3 is 11.7 Å². The molecule has 0 bridgehead atoms. The highest BCUT2D eigenvalue weighted by Gasteiger charge is 2.62. The molecule has 9 heteroatoms. The van der Waals surface area contributed by atoms with Crippen LogP contribution in [-0.4, -0.2) is 58.4 Å². The second-order valence-corrected chi connectivity index (χ2v) is 9.47. The number of rotatable bonds is 2. The van der Waals surface area contributed by atoms with E-state index in [-0.39, 0.29) is 23.1 Å². The molecule has 1 aromatic heterocycles. The highest BCUT2D eigenvalue weighted by Crippen LogP contribution is 2.38. The predicted octanol–water partition coefficient (Wildman–Crippen LogP) is 2.03. The zero-order valence-corrected chi connectivity index (χ0v) is 17.6. The lowest BCUT2D eigenvalue weighted by molar-refractivity contribution is -0.539. The molecule has 1 aromatic rings. The Morgan fingerprint density at radius 2 is 1.07 bits per heavy atom. The monoisotopic (exact) mass is 389 g/mol. The third-order valence-corrected chi connectivity index (χ3v) is 7.00. The lowest BCUT2D eigenvalue weighted by Crippen LogP contribution is -2.53. The summed E-state index contributed by atoms with van der Waals surface area (Å²) in [6.45, 7) is 13.5. The number of nitrogens with zero attached hydrogens (tertiary/aromatic N) is 5. The van der Waals surface area contributed by atoms with Crippen LogP contribution in [0.1, 0.15) is 66.8 Å². The molecule has 0 amide bonds. The van der Waals surface area contributed by atoms with E-state index in [9.17, 15) is 20.8 Å². The van der Waals surface area contributed by atoms with Gasteiger partial charge in [-0.25, -0.2) is 4.98 Å². The standard InChI is InChI=1S/C19H27N5O4/c1-16(2)17(3,4)22(26)14(21(16)25)12-10-9-11-13(20-12)15-23(27)18(5,6)19(7,8)24(15)28/h9-11H,1-8H3. The summed E-state index contributed by atoms with van der Waals surface area (Å²) in [5, 5.41) is 52.8. The minimum absolute atomic E-state index is 0.123. The summed E-state index contributed by atoms with van der Waals surface area (Å²) in [4.78, 5) is 4.36. The van der Waals surface area contributed by atoms with Gasteiger partial charge in [0.05, 0.1) is 0 Å². The topological polar surface area (TPSA) is 111 Å². The Bertz CT molecular complexity index is 832. The average Bonchev–Trinajstić information content (AvgIpc) is 2.79. The van der Waals surface area contributed by atoms with E-state index >= 15 is 0 Å².